The molecular formula is C15H26N4O3. The zero-order chi connectivity index (χ0) is 16.1. The first kappa shape index (κ1) is 16.9. The van der Waals surface area contributed by atoms with Crippen molar-refractivity contribution in [1.29, 1.82) is 0 Å². The van der Waals surface area contributed by atoms with Crippen molar-refractivity contribution < 1.29 is 14.1 Å². The average Bonchev–Trinajstić information content (AvgIpc) is 2.95. The van der Waals surface area contributed by atoms with Crippen LogP contribution >= 0.6 is 0 Å². The van der Waals surface area contributed by atoms with E-state index < -0.39 is 0 Å². The molecule has 1 saturated carbocycles. The lowest BCUT2D eigenvalue weighted by Crippen LogP contribution is -2.38. The zero-order valence-electron chi connectivity index (χ0n) is 13.6. The average molecular weight is 310 g/mol. The van der Waals surface area contributed by atoms with Gasteiger partial charge in [-0.25, -0.2) is 0 Å². The van der Waals surface area contributed by atoms with Gasteiger partial charge < -0.3 is 19.9 Å². The Balaban J connectivity index is 1.91. The second-order valence-corrected chi connectivity index (χ2v) is 5.96. The molecule has 0 radical (unpaired) electrons. The molecule has 1 aliphatic carbocycles. The molecule has 0 aliphatic heterocycles. The zero-order valence-corrected chi connectivity index (χ0v) is 13.6. The SMILES string of the molecule is CCOC(C)c1noc(CN(C)C(=O)C2CCCC(N)C2)n1. The van der Waals surface area contributed by atoms with Crippen LogP contribution in [0.5, 0.6) is 0 Å². The maximum Gasteiger partial charge on any atom is 0.246 e. The van der Waals surface area contributed by atoms with Crippen molar-refractivity contribution in [2.24, 2.45) is 11.7 Å². The van der Waals surface area contributed by atoms with Gasteiger partial charge in [-0.05, 0) is 33.1 Å². The molecule has 1 heterocycles. The van der Waals surface area contributed by atoms with Gasteiger partial charge in [-0.3, -0.25) is 4.79 Å². The fraction of sp³-hybridized carbons (Fsp3) is 0.800. The summed E-state index contributed by atoms with van der Waals surface area (Å²) >= 11 is 0. The number of ether oxygens (including phenoxy) is 1. The molecule has 0 saturated heterocycles. The summed E-state index contributed by atoms with van der Waals surface area (Å²) in [6, 6.07) is 0.137. The van der Waals surface area contributed by atoms with Crippen LogP contribution in [-0.2, 0) is 16.1 Å². The van der Waals surface area contributed by atoms with Gasteiger partial charge in [0.05, 0.1) is 6.54 Å². The molecular weight excluding hydrogens is 284 g/mol. The van der Waals surface area contributed by atoms with E-state index >= 15 is 0 Å². The van der Waals surface area contributed by atoms with Crippen molar-refractivity contribution in [3.63, 3.8) is 0 Å². The highest BCUT2D eigenvalue weighted by molar-refractivity contribution is 5.78. The Morgan fingerprint density at radius 3 is 3.00 bits per heavy atom. The number of amides is 1. The molecule has 1 aromatic rings. The molecule has 0 aromatic carbocycles. The number of hydrogen-bond acceptors (Lipinski definition) is 6. The highest BCUT2D eigenvalue weighted by Gasteiger charge is 2.28. The summed E-state index contributed by atoms with van der Waals surface area (Å²) in [6.45, 7) is 4.69. The molecule has 1 aromatic heterocycles. The second kappa shape index (κ2) is 7.69. The third-order valence-corrected chi connectivity index (χ3v) is 4.08. The van der Waals surface area contributed by atoms with Gasteiger partial charge in [-0.1, -0.05) is 11.6 Å². The number of hydrogen-bond donors (Lipinski definition) is 1. The van der Waals surface area contributed by atoms with Crippen molar-refractivity contribution in [3.8, 4) is 0 Å². The Morgan fingerprint density at radius 2 is 2.32 bits per heavy atom. The first-order chi connectivity index (χ1) is 10.5. The lowest BCUT2D eigenvalue weighted by molar-refractivity contribution is -0.136. The van der Waals surface area contributed by atoms with E-state index in [-0.39, 0.29) is 24.0 Å². The first-order valence-electron chi connectivity index (χ1n) is 7.95. The number of nitrogens with zero attached hydrogens (tertiary/aromatic N) is 3. The number of carbonyl (C=O) groups excluding carboxylic acids is 1. The van der Waals surface area contributed by atoms with Crippen molar-refractivity contribution in [1.82, 2.24) is 15.0 Å². The van der Waals surface area contributed by atoms with E-state index in [1.807, 2.05) is 13.8 Å². The lowest BCUT2D eigenvalue weighted by atomic mass is 9.85. The van der Waals surface area contributed by atoms with E-state index in [2.05, 4.69) is 10.1 Å². The minimum atomic E-state index is -0.208. The second-order valence-electron chi connectivity index (χ2n) is 5.96. The number of nitrogens with two attached hydrogens (primary N) is 1. The Morgan fingerprint density at radius 1 is 1.55 bits per heavy atom. The lowest BCUT2D eigenvalue weighted by Gasteiger charge is -2.28. The number of aromatic nitrogens is 2. The summed E-state index contributed by atoms with van der Waals surface area (Å²) in [5, 5.41) is 3.90. The molecule has 7 heteroatoms. The summed E-state index contributed by atoms with van der Waals surface area (Å²) in [7, 11) is 1.76. The van der Waals surface area contributed by atoms with Gasteiger partial charge in [-0.2, -0.15) is 4.98 Å². The van der Waals surface area contributed by atoms with E-state index in [9.17, 15) is 4.79 Å². The van der Waals surface area contributed by atoms with Crippen LogP contribution in [0.25, 0.3) is 0 Å². The summed E-state index contributed by atoms with van der Waals surface area (Å²) in [5.74, 6) is 1.06. The van der Waals surface area contributed by atoms with Crippen LogP contribution in [0.3, 0.4) is 0 Å². The predicted molar refractivity (Wildman–Crippen MR) is 80.7 cm³/mol. The predicted octanol–water partition coefficient (Wildman–Crippen LogP) is 1.64. The van der Waals surface area contributed by atoms with Gasteiger partial charge in [0.1, 0.15) is 6.10 Å². The Hall–Kier alpha value is -1.47. The highest BCUT2D eigenvalue weighted by Crippen LogP contribution is 2.25. The van der Waals surface area contributed by atoms with Gasteiger partial charge in [0, 0.05) is 25.6 Å². The van der Waals surface area contributed by atoms with Gasteiger partial charge in [0.15, 0.2) is 5.82 Å². The van der Waals surface area contributed by atoms with Crippen LogP contribution in [0.4, 0.5) is 0 Å². The molecule has 2 N–H and O–H groups in total. The van der Waals surface area contributed by atoms with Crippen LogP contribution in [0, 0.1) is 5.92 Å². The topological polar surface area (TPSA) is 94.5 Å². The Kier molecular flexibility index (Phi) is 5.90. The molecule has 3 unspecified atom stereocenters. The summed E-state index contributed by atoms with van der Waals surface area (Å²) in [6.07, 6.45) is 3.49. The smallest absolute Gasteiger partial charge is 0.246 e. The van der Waals surface area contributed by atoms with Crippen molar-refractivity contribution in [2.75, 3.05) is 13.7 Å². The Labute approximate surface area is 131 Å². The van der Waals surface area contributed by atoms with E-state index in [0.717, 1.165) is 25.7 Å². The summed E-state index contributed by atoms with van der Waals surface area (Å²) < 4.78 is 10.6. The van der Waals surface area contributed by atoms with E-state index in [1.54, 1.807) is 11.9 Å². The maximum atomic E-state index is 12.4. The third-order valence-electron chi connectivity index (χ3n) is 4.08. The molecule has 0 bridgehead atoms. The third kappa shape index (κ3) is 4.27. The summed E-state index contributed by atoms with van der Waals surface area (Å²) in [5.41, 5.74) is 5.96. The molecule has 2 rings (SSSR count). The fourth-order valence-corrected chi connectivity index (χ4v) is 2.87. The van der Waals surface area contributed by atoms with Gasteiger partial charge >= 0.3 is 0 Å². The molecule has 22 heavy (non-hydrogen) atoms. The number of carbonyl (C=O) groups is 1. The molecule has 1 aliphatic rings. The molecule has 7 nitrogen and oxygen atoms in total. The van der Waals surface area contributed by atoms with Crippen LogP contribution in [-0.4, -0.2) is 40.6 Å². The van der Waals surface area contributed by atoms with Crippen LogP contribution < -0.4 is 5.73 Å². The van der Waals surface area contributed by atoms with E-state index in [0.29, 0.717) is 24.9 Å². The molecule has 1 fully saturated rings. The molecule has 124 valence electrons. The minimum absolute atomic E-state index is 0.0125. The van der Waals surface area contributed by atoms with Crippen molar-refractivity contribution in [3.05, 3.63) is 11.7 Å². The fourth-order valence-electron chi connectivity index (χ4n) is 2.87. The standard InChI is InChI=1S/C15H26N4O3/c1-4-21-10(2)14-17-13(22-18-14)9-19(3)15(20)11-6-5-7-12(16)8-11/h10-12H,4-9,16H2,1-3H3. The molecule has 3 atom stereocenters. The highest BCUT2D eigenvalue weighted by atomic mass is 16.5. The van der Waals surface area contributed by atoms with E-state index in [4.69, 9.17) is 15.0 Å². The maximum absolute atomic E-state index is 12.4. The van der Waals surface area contributed by atoms with Crippen LogP contribution in [0.1, 0.15) is 57.3 Å². The minimum Gasteiger partial charge on any atom is -0.371 e. The number of rotatable bonds is 6. The van der Waals surface area contributed by atoms with E-state index in [1.165, 1.54) is 0 Å². The van der Waals surface area contributed by atoms with Gasteiger partial charge in [0.2, 0.25) is 11.8 Å². The van der Waals surface area contributed by atoms with Crippen molar-refractivity contribution >= 4 is 5.91 Å². The van der Waals surface area contributed by atoms with Gasteiger partial charge in [-0.15, -0.1) is 0 Å². The Bertz CT molecular complexity index is 491. The molecule has 0 spiro atoms. The monoisotopic (exact) mass is 310 g/mol. The largest absolute Gasteiger partial charge is 0.371 e. The van der Waals surface area contributed by atoms with Gasteiger partial charge in [0.25, 0.3) is 0 Å². The van der Waals surface area contributed by atoms with Crippen LogP contribution in [0.15, 0.2) is 4.52 Å². The molecule has 1 amide bonds. The van der Waals surface area contributed by atoms with Crippen LogP contribution in [0.2, 0.25) is 0 Å². The van der Waals surface area contributed by atoms with Crippen molar-refractivity contribution in [2.45, 2.75) is 58.2 Å². The normalized spacial score (nSPS) is 23.3. The quantitative estimate of drug-likeness (QED) is 0.858. The first-order valence-corrected chi connectivity index (χ1v) is 7.95. The summed E-state index contributed by atoms with van der Waals surface area (Å²) in [4.78, 5) is 18.4.